The van der Waals surface area contributed by atoms with Gasteiger partial charge in [0.05, 0.1) is 24.6 Å². The summed E-state index contributed by atoms with van der Waals surface area (Å²) in [5, 5.41) is 13.0. The van der Waals surface area contributed by atoms with Crippen LogP contribution in [0.4, 0.5) is 11.8 Å². The van der Waals surface area contributed by atoms with Crippen LogP contribution in [0.3, 0.4) is 0 Å². The lowest BCUT2D eigenvalue weighted by atomic mass is 10.2. The Labute approximate surface area is 127 Å². The van der Waals surface area contributed by atoms with E-state index in [1.54, 1.807) is 0 Å². The first-order chi connectivity index (χ1) is 10.7. The summed E-state index contributed by atoms with van der Waals surface area (Å²) >= 11 is 0. The van der Waals surface area contributed by atoms with Crippen LogP contribution in [0.25, 0.3) is 10.9 Å². The highest BCUT2D eigenvalue weighted by Gasteiger charge is 2.25. The van der Waals surface area contributed by atoms with Gasteiger partial charge in [-0.25, -0.2) is 4.98 Å². The topological polar surface area (TPSA) is 87.6 Å². The fourth-order valence-corrected chi connectivity index (χ4v) is 2.62. The van der Waals surface area contributed by atoms with Crippen LogP contribution in [0.15, 0.2) is 24.3 Å². The lowest BCUT2D eigenvalue weighted by Crippen LogP contribution is -2.44. The van der Waals surface area contributed by atoms with E-state index < -0.39 is 5.97 Å². The number of benzene rings is 1. The number of ether oxygens (including phenoxy) is 1. The molecular formula is C15H18N4O3. The third-order valence-electron chi connectivity index (χ3n) is 3.65. The number of hydrogen-bond donors (Lipinski definition) is 2. The summed E-state index contributed by atoms with van der Waals surface area (Å²) in [5.41, 5.74) is 0.859. The number of para-hydroxylation sites is 1. The van der Waals surface area contributed by atoms with Gasteiger partial charge >= 0.3 is 5.97 Å². The average molecular weight is 302 g/mol. The number of carbonyl (C=O) groups is 1. The molecule has 0 aliphatic carbocycles. The van der Waals surface area contributed by atoms with Gasteiger partial charge in [0.1, 0.15) is 5.82 Å². The monoisotopic (exact) mass is 302 g/mol. The van der Waals surface area contributed by atoms with Gasteiger partial charge in [-0.05, 0) is 12.1 Å². The predicted molar refractivity (Wildman–Crippen MR) is 83.3 cm³/mol. The van der Waals surface area contributed by atoms with Crippen molar-refractivity contribution in [3.05, 3.63) is 24.3 Å². The Balaban J connectivity index is 1.90. The SMILES string of the molecule is CNc1nc(N2CCOC(CC(=O)O)C2)nc2ccccc12. The van der Waals surface area contributed by atoms with E-state index in [0.29, 0.717) is 25.6 Å². The van der Waals surface area contributed by atoms with E-state index in [1.165, 1.54) is 0 Å². The Morgan fingerprint density at radius 2 is 2.27 bits per heavy atom. The first-order valence-corrected chi connectivity index (χ1v) is 7.20. The number of rotatable bonds is 4. The molecule has 2 N–H and O–H groups in total. The third-order valence-corrected chi connectivity index (χ3v) is 3.65. The number of aliphatic carboxylic acids is 1. The van der Waals surface area contributed by atoms with Crippen LogP contribution in [0.2, 0.25) is 0 Å². The molecule has 0 radical (unpaired) electrons. The standard InChI is InChI=1S/C15H18N4O3/c1-16-14-11-4-2-3-5-12(11)17-15(18-14)19-6-7-22-10(9-19)8-13(20)21/h2-5,10H,6-9H2,1H3,(H,20,21)(H,16,17,18). The highest BCUT2D eigenvalue weighted by molar-refractivity contribution is 5.89. The molecule has 1 aliphatic heterocycles. The largest absolute Gasteiger partial charge is 0.481 e. The van der Waals surface area contributed by atoms with E-state index in [1.807, 2.05) is 36.2 Å². The summed E-state index contributed by atoms with van der Waals surface area (Å²) in [6.07, 6.45) is -0.345. The fourth-order valence-electron chi connectivity index (χ4n) is 2.62. The van der Waals surface area contributed by atoms with E-state index in [2.05, 4.69) is 15.3 Å². The minimum Gasteiger partial charge on any atom is -0.481 e. The number of fused-ring (bicyclic) bond motifs is 1. The third kappa shape index (κ3) is 2.94. The molecule has 0 spiro atoms. The number of carboxylic acid groups (broad SMARTS) is 1. The highest BCUT2D eigenvalue weighted by Crippen LogP contribution is 2.24. The van der Waals surface area contributed by atoms with Gasteiger partial charge in [-0.15, -0.1) is 0 Å². The number of hydrogen-bond acceptors (Lipinski definition) is 6. The van der Waals surface area contributed by atoms with Crippen LogP contribution < -0.4 is 10.2 Å². The van der Waals surface area contributed by atoms with Crippen molar-refractivity contribution in [3.8, 4) is 0 Å². The highest BCUT2D eigenvalue weighted by atomic mass is 16.5. The van der Waals surface area contributed by atoms with Crippen LogP contribution >= 0.6 is 0 Å². The molecule has 0 bridgehead atoms. The van der Waals surface area contributed by atoms with Crippen molar-refractivity contribution in [1.82, 2.24) is 9.97 Å². The summed E-state index contributed by atoms with van der Waals surface area (Å²) in [7, 11) is 1.82. The normalized spacial score (nSPS) is 18.4. The molecule has 7 nitrogen and oxygen atoms in total. The van der Waals surface area contributed by atoms with Crippen LogP contribution in [0, 0.1) is 0 Å². The van der Waals surface area contributed by atoms with Gasteiger partial charge in [0, 0.05) is 25.5 Å². The first-order valence-electron chi connectivity index (χ1n) is 7.20. The number of nitrogens with one attached hydrogen (secondary N) is 1. The number of nitrogens with zero attached hydrogens (tertiary/aromatic N) is 3. The fraction of sp³-hybridized carbons (Fsp3) is 0.400. The lowest BCUT2D eigenvalue weighted by molar-refractivity contribution is -0.140. The Hall–Kier alpha value is -2.41. The summed E-state index contributed by atoms with van der Waals surface area (Å²) in [4.78, 5) is 22.0. The van der Waals surface area contributed by atoms with Crippen molar-refractivity contribution >= 4 is 28.6 Å². The molecule has 1 unspecified atom stereocenters. The molecule has 2 aromatic rings. The maximum absolute atomic E-state index is 10.8. The molecule has 1 fully saturated rings. The molecule has 1 saturated heterocycles. The molecule has 1 aromatic heterocycles. The second-order valence-corrected chi connectivity index (χ2v) is 5.18. The first kappa shape index (κ1) is 14.5. The van der Waals surface area contributed by atoms with E-state index in [9.17, 15) is 4.79 Å². The molecular weight excluding hydrogens is 284 g/mol. The lowest BCUT2D eigenvalue weighted by Gasteiger charge is -2.32. The van der Waals surface area contributed by atoms with Crippen molar-refractivity contribution in [2.45, 2.75) is 12.5 Å². The van der Waals surface area contributed by atoms with Crippen LogP contribution in [-0.2, 0) is 9.53 Å². The predicted octanol–water partition coefficient (Wildman–Crippen LogP) is 1.35. The molecule has 2 heterocycles. The molecule has 1 atom stereocenters. The number of anilines is 2. The molecule has 0 amide bonds. The van der Waals surface area contributed by atoms with Crippen LogP contribution in [0.1, 0.15) is 6.42 Å². The molecule has 1 aromatic carbocycles. The van der Waals surface area contributed by atoms with Gasteiger partial charge in [0.25, 0.3) is 0 Å². The number of aromatic nitrogens is 2. The van der Waals surface area contributed by atoms with E-state index in [4.69, 9.17) is 9.84 Å². The maximum Gasteiger partial charge on any atom is 0.306 e. The zero-order valence-corrected chi connectivity index (χ0v) is 12.3. The van der Waals surface area contributed by atoms with Crippen molar-refractivity contribution < 1.29 is 14.6 Å². The second-order valence-electron chi connectivity index (χ2n) is 5.18. The number of morpholine rings is 1. The van der Waals surface area contributed by atoms with Crippen molar-refractivity contribution in [2.24, 2.45) is 0 Å². The van der Waals surface area contributed by atoms with E-state index >= 15 is 0 Å². The summed E-state index contributed by atoms with van der Waals surface area (Å²) in [6, 6.07) is 7.79. The maximum atomic E-state index is 10.8. The van der Waals surface area contributed by atoms with Gasteiger partial charge in [-0.2, -0.15) is 4.98 Å². The summed E-state index contributed by atoms with van der Waals surface area (Å²) < 4.78 is 5.49. The zero-order chi connectivity index (χ0) is 15.5. The van der Waals surface area contributed by atoms with Gasteiger partial charge in [-0.1, -0.05) is 12.1 Å². The van der Waals surface area contributed by atoms with Gasteiger partial charge in [0.2, 0.25) is 5.95 Å². The Kier molecular flexibility index (Phi) is 4.06. The smallest absolute Gasteiger partial charge is 0.306 e. The van der Waals surface area contributed by atoms with Gasteiger partial charge < -0.3 is 20.1 Å². The van der Waals surface area contributed by atoms with Crippen LogP contribution in [0.5, 0.6) is 0 Å². The molecule has 3 rings (SSSR count). The molecule has 22 heavy (non-hydrogen) atoms. The molecule has 1 aliphatic rings. The quantitative estimate of drug-likeness (QED) is 0.881. The minimum absolute atomic E-state index is 0.0109. The molecule has 116 valence electrons. The molecule has 7 heteroatoms. The molecule has 0 saturated carbocycles. The van der Waals surface area contributed by atoms with Gasteiger partial charge in [0.15, 0.2) is 0 Å². The van der Waals surface area contributed by atoms with Gasteiger partial charge in [-0.3, -0.25) is 4.79 Å². The minimum atomic E-state index is -0.859. The van der Waals surface area contributed by atoms with E-state index in [0.717, 1.165) is 16.7 Å². The number of carboxylic acids is 1. The Bertz CT molecular complexity index is 692. The van der Waals surface area contributed by atoms with Crippen molar-refractivity contribution in [3.63, 3.8) is 0 Å². The Morgan fingerprint density at radius 1 is 1.45 bits per heavy atom. The van der Waals surface area contributed by atoms with Crippen LogP contribution in [-0.4, -0.2) is 53.9 Å². The summed E-state index contributed by atoms with van der Waals surface area (Å²) in [5.74, 6) is 0.505. The average Bonchev–Trinajstić information content (AvgIpc) is 2.53. The summed E-state index contributed by atoms with van der Waals surface area (Å²) in [6.45, 7) is 1.61. The zero-order valence-electron chi connectivity index (χ0n) is 12.3. The van der Waals surface area contributed by atoms with Crippen molar-refractivity contribution in [2.75, 3.05) is 37.0 Å². The second kappa shape index (κ2) is 6.15. The van der Waals surface area contributed by atoms with Crippen molar-refractivity contribution in [1.29, 1.82) is 0 Å². The Morgan fingerprint density at radius 3 is 3.05 bits per heavy atom. The van der Waals surface area contributed by atoms with E-state index in [-0.39, 0.29) is 12.5 Å².